The number of ether oxygens (including phenoxy) is 1. The van der Waals surface area contributed by atoms with Crippen LogP contribution in [-0.4, -0.2) is 50.5 Å². The van der Waals surface area contributed by atoms with Gasteiger partial charge in [0.25, 0.3) is 0 Å². The molecule has 1 heterocycles. The van der Waals surface area contributed by atoms with Crippen LogP contribution < -0.4 is 4.74 Å². The van der Waals surface area contributed by atoms with E-state index in [4.69, 9.17) is 4.74 Å². The average Bonchev–Trinajstić information content (AvgIpc) is 3.27. The van der Waals surface area contributed by atoms with Crippen LogP contribution in [-0.2, 0) is 11.0 Å². The van der Waals surface area contributed by atoms with Crippen LogP contribution in [0.4, 0.5) is 13.2 Å². The topological polar surface area (TPSA) is 99.9 Å². The Labute approximate surface area is 201 Å². The Morgan fingerprint density at radius 1 is 1.29 bits per heavy atom. The van der Waals surface area contributed by atoms with Gasteiger partial charge in [0.15, 0.2) is 17.5 Å². The van der Waals surface area contributed by atoms with E-state index in [1.807, 2.05) is 6.92 Å². The maximum absolute atomic E-state index is 14.3. The van der Waals surface area contributed by atoms with Crippen LogP contribution in [0.25, 0.3) is 0 Å². The Morgan fingerprint density at radius 2 is 1.97 bits per heavy atom. The molecule has 0 unspecified atom stereocenters. The highest BCUT2D eigenvalue weighted by molar-refractivity contribution is 5.95. The summed E-state index contributed by atoms with van der Waals surface area (Å²) >= 11 is 0. The largest absolute Gasteiger partial charge is 0.466 e. The number of rotatable bonds is 3. The van der Waals surface area contributed by atoms with Crippen molar-refractivity contribution < 1.29 is 38.0 Å². The number of aliphatic hydroxyl groups is 3. The predicted molar refractivity (Wildman–Crippen MR) is 119 cm³/mol. The highest BCUT2D eigenvalue weighted by Crippen LogP contribution is 2.71. The van der Waals surface area contributed by atoms with Crippen molar-refractivity contribution >= 4 is 5.78 Å². The lowest BCUT2D eigenvalue weighted by Crippen LogP contribution is -2.66. The molecule has 0 aromatic carbocycles. The molecule has 0 amide bonds. The number of carbonyl (C=O) groups is 1. The Kier molecular flexibility index (Phi) is 5.17. The number of nitrogens with zero attached hydrogens (tertiary/aromatic N) is 1. The van der Waals surface area contributed by atoms with Crippen molar-refractivity contribution in [3.8, 4) is 5.88 Å². The van der Waals surface area contributed by atoms with Crippen LogP contribution in [0.15, 0.2) is 41.6 Å². The minimum absolute atomic E-state index is 0.0192. The smallest absolute Gasteiger partial charge is 0.421 e. The number of pyridine rings is 1. The Balaban J connectivity index is 1.68. The maximum atomic E-state index is 14.3. The van der Waals surface area contributed by atoms with E-state index < -0.39 is 59.3 Å². The van der Waals surface area contributed by atoms with Gasteiger partial charge >= 0.3 is 6.18 Å². The first-order valence-corrected chi connectivity index (χ1v) is 11.9. The number of aliphatic hydroxyl groups excluding tert-OH is 2. The highest BCUT2D eigenvalue weighted by Gasteiger charge is 2.76. The summed E-state index contributed by atoms with van der Waals surface area (Å²) in [5.74, 6) is -1.94. The summed E-state index contributed by atoms with van der Waals surface area (Å²) in [4.78, 5) is 18.0. The van der Waals surface area contributed by atoms with Crippen LogP contribution in [0.5, 0.6) is 5.88 Å². The van der Waals surface area contributed by atoms with Gasteiger partial charge in [-0.25, -0.2) is 4.98 Å². The van der Waals surface area contributed by atoms with Gasteiger partial charge in [-0.05, 0) is 59.8 Å². The molecule has 6 nitrogen and oxygen atoms in total. The van der Waals surface area contributed by atoms with Crippen LogP contribution in [0, 0.1) is 34.5 Å². The van der Waals surface area contributed by atoms with Gasteiger partial charge in [-0.3, -0.25) is 4.79 Å². The van der Waals surface area contributed by atoms with Gasteiger partial charge in [0.2, 0.25) is 5.88 Å². The molecule has 0 aliphatic heterocycles. The molecule has 3 N–H and O–H groups in total. The van der Waals surface area contributed by atoms with E-state index in [1.165, 1.54) is 0 Å². The number of allylic oxidation sites excluding steroid dienone is 1. The molecule has 35 heavy (non-hydrogen) atoms. The average molecular weight is 494 g/mol. The molecule has 5 rings (SSSR count). The third kappa shape index (κ3) is 3.01. The molecule has 2 fully saturated rings. The summed E-state index contributed by atoms with van der Waals surface area (Å²) in [5.41, 5.74) is -4.78. The summed E-state index contributed by atoms with van der Waals surface area (Å²) in [5, 5.41) is 33.9. The standard InChI is InChI=1S/C26H30F3NO5/c1-12-10-24-13(2)8-17-18(23(17,3)4)15(20(24)33)9-14(11-31)19(32)25(24,34)21(12)35-22-16(26(27,28)29)6-5-7-30-22/h5-7,9-10,13,15,17-19,21,31-32,34H,8,11H2,1-4H3/t13-,15+,17-,18+,19-,21+,24+,25+/m1/s1. The molecule has 1 aromatic heterocycles. The number of aromatic nitrogens is 1. The van der Waals surface area contributed by atoms with Crippen molar-refractivity contribution in [1.29, 1.82) is 0 Å². The van der Waals surface area contributed by atoms with E-state index in [0.717, 1.165) is 18.3 Å². The fourth-order valence-corrected chi connectivity index (χ4v) is 7.41. The number of alkyl halides is 3. The minimum atomic E-state index is -4.76. The van der Waals surface area contributed by atoms with Gasteiger partial charge in [0, 0.05) is 12.1 Å². The molecular weight excluding hydrogens is 463 g/mol. The molecule has 0 radical (unpaired) electrons. The van der Waals surface area contributed by atoms with Gasteiger partial charge in [-0.1, -0.05) is 32.9 Å². The fourth-order valence-electron chi connectivity index (χ4n) is 7.41. The second-order valence-electron chi connectivity index (χ2n) is 11.2. The summed E-state index contributed by atoms with van der Waals surface area (Å²) in [6, 6.07) is 1.95. The van der Waals surface area contributed by atoms with E-state index in [9.17, 15) is 33.3 Å². The van der Waals surface area contributed by atoms with Crippen molar-refractivity contribution in [3.05, 3.63) is 47.2 Å². The Bertz CT molecular complexity index is 1140. The van der Waals surface area contributed by atoms with E-state index >= 15 is 0 Å². The van der Waals surface area contributed by atoms with Gasteiger partial charge in [-0.15, -0.1) is 0 Å². The quantitative estimate of drug-likeness (QED) is 0.559. The lowest BCUT2D eigenvalue weighted by molar-refractivity contribution is -0.187. The molecule has 4 aliphatic rings. The van der Waals surface area contributed by atoms with Gasteiger partial charge < -0.3 is 20.1 Å². The summed E-state index contributed by atoms with van der Waals surface area (Å²) in [6.07, 6.45) is -3.09. The first kappa shape index (κ1) is 24.5. The number of fused-ring (bicyclic) bond motifs is 3. The lowest BCUT2D eigenvalue weighted by atomic mass is 9.59. The van der Waals surface area contributed by atoms with Crippen molar-refractivity contribution in [2.24, 2.45) is 34.5 Å². The minimum Gasteiger partial charge on any atom is -0.466 e. The van der Waals surface area contributed by atoms with Crippen molar-refractivity contribution in [1.82, 2.24) is 4.98 Å². The Morgan fingerprint density at radius 3 is 2.60 bits per heavy atom. The van der Waals surface area contributed by atoms with Crippen LogP contribution in [0.1, 0.15) is 39.7 Å². The molecule has 8 atom stereocenters. The maximum Gasteiger partial charge on any atom is 0.421 e. The van der Waals surface area contributed by atoms with Crippen LogP contribution in [0.2, 0.25) is 0 Å². The number of hydrogen-bond acceptors (Lipinski definition) is 6. The molecule has 190 valence electrons. The Hall–Kier alpha value is -2.23. The summed E-state index contributed by atoms with van der Waals surface area (Å²) < 4.78 is 46.8. The van der Waals surface area contributed by atoms with E-state index in [1.54, 1.807) is 19.1 Å². The zero-order chi connectivity index (χ0) is 25.7. The fraction of sp³-hybridized carbons (Fsp3) is 0.615. The number of ketones is 1. The van der Waals surface area contributed by atoms with E-state index in [-0.39, 0.29) is 28.6 Å². The second-order valence-corrected chi connectivity index (χ2v) is 11.2. The number of Topliss-reactive ketones (excluding diaryl/α,β-unsaturated/α-hetero) is 1. The van der Waals surface area contributed by atoms with Crippen LogP contribution >= 0.6 is 0 Å². The lowest BCUT2D eigenvalue weighted by Gasteiger charge is -2.49. The summed E-state index contributed by atoms with van der Waals surface area (Å²) in [6.45, 7) is 6.96. The molecule has 9 heteroatoms. The number of halogens is 3. The van der Waals surface area contributed by atoms with Crippen molar-refractivity contribution in [2.75, 3.05) is 6.61 Å². The van der Waals surface area contributed by atoms with Crippen LogP contribution in [0.3, 0.4) is 0 Å². The molecule has 0 saturated heterocycles. The van der Waals surface area contributed by atoms with Gasteiger partial charge in [-0.2, -0.15) is 13.2 Å². The monoisotopic (exact) mass is 493 g/mol. The molecule has 2 bridgehead atoms. The predicted octanol–water partition coefficient (Wildman–Crippen LogP) is 3.32. The molecule has 1 aromatic rings. The van der Waals surface area contributed by atoms with Gasteiger partial charge in [0.1, 0.15) is 11.7 Å². The second kappa shape index (κ2) is 7.40. The SMILES string of the molecule is CC1=C[C@]23C(=O)[C@@H](C=C(CO)[C@@H](O)[C@]2(O)[C@H]1Oc1ncccc1C(F)(F)F)[C@H]1[C@@H](C[C@H]3C)C1(C)C. The molecule has 4 aliphatic carbocycles. The number of hydrogen-bond donors (Lipinski definition) is 3. The molecule has 1 spiro atoms. The first-order chi connectivity index (χ1) is 16.2. The zero-order valence-corrected chi connectivity index (χ0v) is 20.0. The van der Waals surface area contributed by atoms with Gasteiger partial charge in [0.05, 0.1) is 12.0 Å². The van der Waals surface area contributed by atoms with Crippen molar-refractivity contribution in [2.45, 2.75) is 58.1 Å². The third-order valence-electron chi connectivity index (χ3n) is 9.20. The number of carbonyl (C=O) groups excluding carboxylic acids is 1. The van der Waals surface area contributed by atoms with E-state index in [2.05, 4.69) is 18.8 Å². The highest BCUT2D eigenvalue weighted by atomic mass is 19.4. The van der Waals surface area contributed by atoms with E-state index in [0.29, 0.717) is 12.0 Å². The first-order valence-electron chi connectivity index (χ1n) is 11.9. The summed E-state index contributed by atoms with van der Waals surface area (Å²) in [7, 11) is 0. The molecule has 2 saturated carbocycles. The van der Waals surface area contributed by atoms with Crippen molar-refractivity contribution in [3.63, 3.8) is 0 Å². The third-order valence-corrected chi connectivity index (χ3v) is 9.20. The normalized spacial score (nSPS) is 41.7. The zero-order valence-electron chi connectivity index (χ0n) is 20.0. The molecular formula is C26H30F3NO5.